The lowest BCUT2D eigenvalue weighted by atomic mass is 9.92. The predicted molar refractivity (Wildman–Crippen MR) is 107 cm³/mol. The maximum Gasteiger partial charge on any atom is 0.438 e. The first kappa shape index (κ1) is 21.1. The summed E-state index contributed by atoms with van der Waals surface area (Å²) in [5.41, 5.74) is -1.17. The van der Waals surface area contributed by atoms with Crippen LogP contribution in [-0.2, 0) is 10.9 Å². The molecule has 0 saturated heterocycles. The largest absolute Gasteiger partial charge is 0.490 e. The Labute approximate surface area is 175 Å². The van der Waals surface area contributed by atoms with E-state index in [-0.39, 0.29) is 30.1 Å². The van der Waals surface area contributed by atoms with Gasteiger partial charge in [0.2, 0.25) is 6.33 Å². The van der Waals surface area contributed by atoms with Crippen LogP contribution in [0.5, 0.6) is 5.75 Å². The summed E-state index contributed by atoms with van der Waals surface area (Å²) in [5.74, 6) is 0.229. The van der Waals surface area contributed by atoms with E-state index in [9.17, 15) is 18.3 Å². The first-order valence-electron chi connectivity index (χ1n) is 9.55. The Morgan fingerprint density at radius 1 is 1.29 bits per heavy atom. The van der Waals surface area contributed by atoms with E-state index in [1.807, 2.05) is 18.2 Å². The third-order valence-corrected chi connectivity index (χ3v) is 4.70. The molecule has 0 aliphatic carbocycles. The number of nitrogens with one attached hydrogen (secondary N) is 1. The standard InChI is InChI=1S/C21H20F3N4O3/c1-20(2,29)10-31-16-9-30-15-6-4-3-5-12(15)14(16)8-25-18-13-7-17(21(22,23)24)28-19(13)27-11-26-18/h3-7,11,14,16,29H,9-10H2,1-2H3,(H,26,27,28)/q+1/t14?,16-/m0/s1. The van der Waals surface area contributed by atoms with Gasteiger partial charge in [0.1, 0.15) is 35.5 Å². The van der Waals surface area contributed by atoms with Crippen LogP contribution in [0.3, 0.4) is 0 Å². The minimum Gasteiger partial charge on any atom is -0.490 e. The quantitative estimate of drug-likeness (QED) is 0.644. The van der Waals surface area contributed by atoms with Gasteiger partial charge in [0.05, 0.1) is 12.2 Å². The van der Waals surface area contributed by atoms with E-state index < -0.39 is 29.5 Å². The number of hydrogen-bond acceptors (Lipinski definition) is 5. The zero-order valence-corrected chi connectivity index (χ0v) is 16.8. The molecule has 0 spiro atoms. The van der Waals surface area contributed by atoms with Crippen LogP contribution in [0.4, 0.5) is 19.0 Å². The van der Waals surface area contributed by atoms with Crippen molar-refractivity contribution in [3.63, 3.8) is 0 Å². The molecule has 7 nitrogen and oxygen atoms in total. The normalized spacial score (nSPS) is 18.8. The zero-order chi connectivity index (χ0) is 22.2. The van der Waals surface area contributed by atoms with Gasteiger partial charge in [-0.2, -0.15) is 23.0 Å². The summed E-state index contributed by atoms with van der Waals surface area (Å²) < 4.78 is 50.8. The van der Waals surface area contributed by atoms with Gasteiger partial charge >= 0.3 is 12.0 Å². The molecule has 0 amide bonds. The number of hydrogen-bond donors (Lipinski definition) is 2. The van der Waals surface area contributed by atoms with Gasteiger partial charge in [-0.1, -0.05) is 18.2 Å². The monoisotopic (exact) mass is 433 g/mol. The van der Waals surface area contributed by atoms with E-state index in [0.717, 1.165) is 18.0 Å². The van der Waals surface area contributed by atoms with Crippen LogP contribution in [0.2, 0.25) is 0 Å². The molecule has 31 heavy (non-hydrogen) atoms. The molecule has 1 aromatic carbocycles. The Bertz CT molecular complexity index is 1160. The van der Waals surface area contributed by atoms with Crippen LogP contribution in [0.25, 0.3) is 15.9 Å². The molecule has 0 saturated carbocycles. The number of aromatic nitrogens is 3. The maximum atomic E-state index is 13.1. The van der Waals surface area contributed by atoms with E-state index in [4.69, 9.17) is 9.47 Å². The molecule has 1 aliphatic heterocycles. The van der Waals surface area contributed by atoms with Gasteiger partial charge in [-0.25, -0.2) is 0 Å². The lowest BCUT2D eigenvalue weighted by Crippen LogP contribution is -2.37. The van der Waals surface area contributed by atoms with Crippen LogP contribution >= 0.6 is 0 Å². The molecule has 10 heteroatoms. The van der Waals surface area contributed by atoms with Crippen molar-refractivity contribution in [1.82, 2.24) is 15.0 Å². The van der Waals surface area contributed by atoms with Crippen molar-refractivity contribution in [2.45, 2.75) is 37.6 Å². The summed E-state index contributed by atoms with van der Waals surface area (Å²) in [6.07, 6.45) is -3.90. The summed E-state index contributed by atoms with van der Waals surface area (Å²) >= 11 is 0. The third-order valence-electron chi connectivity index (χ3n) is 4.70. The summed E-state index contributed by atoms with van der Waals surface area (Å²) in [6.45, 7) is 3.52. The number of ether oxygens (including phenoxy) is 2. The molecule has 0 fully saturated rings. The predicted octanol–water partition coefficient (Wildman–Crippen LogP) is 4.27. The molecule has 0 bridgehead atoms. The number of halogens is 3. The highest BCUT2D eigenvalue weighted by Gasteiger charge is 2.36. The second-order valence-electron chi connectivity index (χ2n) is 7.87. The number of nitrogens with zero attached hydrogens (tertiary/aromatic N) is 3. The van der Waals surface area contributed by atoms with Crippen molar-refractivity contribution < 1.29 is 27.8 Å². The lowest BCUT2D eigenvalue weighted by Gasteiger charge is -2.30. The molecule has 1 unspecified atom stereocenters. The first-order valence-corrected chi connectivity index (χ1v) is 9.55. The second-order valence-corrected chi connectivity index (χ2v) is 7.87. The molecular formula is C21H20F3N4O3+. The Morgan fingerprint density at radius 2 is 2.06 bits per heavy atom. The van der Waals surface area contributed by atoms with Crippen LogP contribution in [-0.4, -0.2) is 45.0 Å². The number of aromatic amines is 1. The first-order chi connectivity index (χ1) is 14.6. The van der Waals surface area contributed by atoms with E-state index in [1.165, 1.54) is 0 Å². The number of para-hydroxylation sites is 1. The van der Waals surface area contributed by atoms with E-state index in [2.05, 4.69) is 25.9 Å². The fraction of sp³-hybridized carbons (Fsp3) is 0.381. The Kier molecular flexibility index (Phi) is 5.33. The smallest absolute Gasteiger partial charge is 0.438 e. The highest BCUT2D eigenvalue weighted by molar-refractivity contribution is 5.88. The van der Waals surface area contributed by atoms with Crippen molar-refractivity contribution in [2.24, 2.45) is 0 Å². The number of alkyl halides is 3. The highest BCUT2D eigenvalue weighted by atomic mass is 19.4. The van der Waals surface area contributed by atoms with Crippen LogP contribution in [0.1, 0.15) is 31.0 Å². The van der Waals surface area contributed by atoms with Crippen LogP contribution < -0.4 is 4.74 Å². The van der Waals surface area contributed by atoms with Crippen molar-refractivity contribution in [1.29, 1.82) is 0 Å². The summed E-state index contributed by atoms with van der Waals surface area (Å²) in [7, 11) is 0. The Hall–Kier alpha value is -3.16. The van der Waals surface area contributed by atoms with Crippen molar-refractivity contribution in [2.75, 3.05) is 13.2 Å². The summed E-state index contributed by atoms with van der Waals surface area (Å²) in [4.78, 5) is 14.4. The van der Waals surface area contributed by atoms with E-state index >= 15 is 0 Å². The number of rotatable bonds is 3. The van der Waals surface area contributed by atoms with Crippen LogP contribution in [0, 0.1) is 6.07 Å². The molecule has 2 N–H and O–H groups in total. The van der Waals surface area contributed by atoms with E-state index in [1.54, 1.807) is 19.9 Å². The fourth-order valence-corrected chi connectivity index (χ4v) is 3.24. The maximum absolute atomic E-state index is 13.1. The van der Waals surface area contributed by atoms with Crippen LogP contribution in [0.15, 0.2) is 36.7 Å². The third kappa shape index (κ3) is 4.62. The Morgan fingerprint density at radius 3 is 2.81 bits per heavy atom. The number of aliphatic hydroxyl groups is 1. The lowest BCUT2D eigenvalue weighted by molar-refractivity contribution is -0.140. The zero-order valence-electron chi connectivity index (χ0n) is 16.8. The molecule has 1 aliphatic rings. The second kappa shape index (κ2) is 7.83. The van der Waals surface area contributed by atoms with Gasteiger partial charge in [0, 0.05) is 5.56 Å². The molecule has 3 aromatic rings. The molecule has 4 rings (SSSR count). The number of H-pyrrole nitrogens is 1. The minimum atomic E-state index is -4.54. The number of fused-ring (bicyclic) bond motifs is 2. The molecule has 2 aromatic heterocycles. The highest BCUT2D eigenvalue weighted by Crippen LogP contribution is 2.36. The molecular weight excluding hydrogens is 413 g/mol. The van der Waals surface area contributed by atoms with Crippen molar-refractivity contribution >= 4 is 16.9 Å². The van der Waals surface area contributed by atoms with Gasteiger partial charge < -0.3 is 19.6 Å². The Balaban J connectivity index is 1.72. The van der Waals surface area contributed by atoms with Gasteiger partial charge in [-0.05, 0) is 31.0 Å². The average Bonchev–Trinajstić information content (AvgIpc) is 3.16. The minimum absolute atomic E-state index is 0.0325. The fourth-order valence-electron chi connectivity index (χ4n) is 3.24. The molecule has 2 atom stereocenters. The summed E-state index contributed by atoms with van der Waals surface area (Å²) in [6, 6.07) is 11.2. The van der Waals surface area contributed by atoms with Gasteiger partial charge in [-0.15, -0.1) is 0 Å². The topological polar surface area (TPSA) is 84.6 Å². The average molecular weight is 433 g/mol. The van der Waals surface area contributed by atoms with Gasteiger partial charge in [-0.3, -0.25) is 0 Å². The summed E-state index contributed by atoms with van der Waals surface area (Å²) in [5, 5.41) is 10.1. The van der Waals surface area contributed by atoms with Gasteiger partial charge in [0.25, 0.3) is 0 Å². The molecule has 162 valence electrons. The van der Waals surface area contributed by atoms with Crippen molar-refractivity contribution in [3.8, 4) is 11.8 Å². The van der Waals surface area contributed by atoms with Crippen molar-refractivity contribution in [3.05, 3.63) is 52.8 Å². The number of benzene rings is 1. The molecule has 0 radical (unpaired) electrons. The van der Waals surface area contributed by atoms with E-state index in [0.29, 0.717) is 5.75 Å². The van der Waals surface area contributed by atoms with Gasteiger partial charge in [0.15, 0.2) is 11.7 Å². The molecule has 3 heterocycles. The SMILES string of the molecule is CC(C)(O)CO[C@H]1COc2ccccc2C1C#[N+]c1ncnc2[nH]c(C(F)(F)F)cc12.